The molecule has 0 fully saturated rings. The highest BCUT2D eigenvalue weighted by Gasteiger charge is 2.44. The molecular weight excluding hydrogens is 717 g/mol. The van der Waals surface area contributed by atoms with Crippen molar-refractivity contribution >= 4 is 37.9 Å². The van der Waals surface area contributed by atoms with E-state index >= 15 is 22.0 Å². The van der Waals surface area contributed by atoms with Gasteiger partial charge in [-0.25, -0.2) is 30.7 Å². The normalized spacial score (nSPS) is 13.8. The van der Waals surface area contributed by atoms with Crippen molar-refractivity contribution in [1.29, 1.82) is 0 Å². The van der Waals surface area contributed by atoms with E-state index in [9.17, 15) is 13.2 Å². The second kappa shape index (κ2) is 17.0. The molecule has 11 heteroatoms. The van der Waals surface area contributed by atoms with Gasteiger partial charge in [-0.05, 0) is 17.1 Å². The molecule has 1 nitrogen and oxygen atoms in total. The van der Waals surface area contributed by atoms with Crippen LogP contribution < -0.4 is 4.43 Å². The van der Waals surface area contributed by atoms with Crippen LogP contribution in [-0.2, 0) is 6.04 Å². The predicted octanol–water partition coefficient (Wildman–Crippen LogP) is 14.6. The Bertz CT molecular complexity index is 1840. The van der Waals surface area contributed by atoms with Crippen LogP contribution in [0.4, 0.5) is 35.1 Å². The van der Waals surface area contributed by atoms with Crippen molar-refractivity contribution in [3.8, 4) is 5.75 Å². The molecule has 4 rings (SSSR count). The summed E-state index contributed by atoms with van der Waals surface area (Å²) < 4.78 is 129. The Labute approximate surface area is 305 Å². The van der Waals surface area contributed by atoms with Gasteiger partial charge in [0.25, 0.3) is 8.32 Å². The van der Waals surface area contributed by atoms with Crippen LogP contribution in [0.5, 0.6) is 5.75 Å². The molecule has 0 heterocycles. The molecule has 4 aromatic rings. The first-order chi connectivity index (χ1) is 24.4. The van der Waals surface area contributed by atoms with Gasteiger partial charge in [0.2, 0.25) is 5.82 Å². The van der Waals surface area contributed by atoms with Crippen LogP contribution >= 0.6 is 0 Å². The lowest BCUT2D eigenvalue weighted by Gasteiger charge is -2.43. The number of fused-ring (bicyclic) bond motifs is 2. The van der Waals surface area contributed by atoms with Gasteiger partial charge in [0.15, 0.2) is 29.0 Å². The maximum Gasteiger partial charge on any atom is 0.258 e. The molecule has 52 heavy (non-hydrogen) atoms. The standard InChI is InChI=1S/C41H52F8OSi2/c1-24(2)51(23-28-18-14-13-15-19-28,20-16-11-9-10-12-17-21-52(25(3)4,26(5)6)27(7)8)50-41-39(48)34-33(38(47)40(41)49)36(45)31-29(42)22-30(43)35(44)32(31)37(34)46/h13-15,18-19,22,24-27H,9-12,16-17,20-21,23H2,1-8H3. The summed E-state index contributed by atoms with van der Waals surface area (Å²) in [6, 6.07) is 11.1. The fraction of sp³-hybridized carbons (Fsp3) is 0.512. The first kappa shape index (κ1) is 41.8. The van der Waals surface area contributed by atoms with Crippen LogP contribution in [0.1, 0.15) is 99.5 Å². The second-order valence-electron chi connectivity index (χ2n) is 15.7. The largest absolute Gasteiger partial charge is 0.539 e. The molecule has 0 spiro atoms. The smallest absolute Gasteiger partial charge is 0.258 e. The van der Waals surface area contributed by atoms with Crippen molar-refractivity contribution in [1.82, 2.24) is 0 Å². The second-order valence-corrected chi connectivity index (χ2v) is 26.3. The zero-order chi connectivity index (χ0) is 38.7. The Morgan fingerprint density at radius 2 is 0.962 bits per heavy atom. The minimum Gasteiger partial charge on any atom is -0.539 e. The van der Waals surface area contributed by atoms with Gasteiger partial charge in [-0.3, -0.25) is 0 Å². The molecule has 0 aliphatic heterocycles. The summed E-state index contributed by atoms with van der Waals surface area (Å²) in [5.74, 6) is -16.5. The molecule has 4 aromatic carbocycles. The van der Waals surface area contributed by atoms with E-state index in [0.717, 1.165) is 31.2 Å². The number of benzene rings is 4. The monoisotopic (exact) mass is 768 g/mol. The number of rotatable bonds is 17. The lowest BCUT2D eigenvalue weighted by Crippen LogP contribution is -2.48. The average molecular weight is 769 g/mol. The van der Waals surface area contributed by atoms with Crippen molar-refractivity contribution in [3.63, 3.8) is 0 Å². The molecule has 0 saturated carbocycles. The molecule has 0 radical (unpaired) electrons. The molecule has 0 aliphatic rings. The van der Waals surface area contributed by atoms with E-state index in [1.54, 1.807) is 0 Å². The lowest BCUT2D eigenvalue weighted by atomic mass is 9.99. The van der Waals surface area contributed by atoms with Crippen molar-refractivity contribution in [3.05, 3.63) is 88.5 Å². The molecule has 1 atom stereocenters. The molecule has 286 valence electrons. The fourth-order valence-corrected chi connectivity index (χ4v) is 19.3. The third-order valence-corrected chi connectivity index (χ3v) is 24.3. The van der Waals surface area contributed by atoms with Crippen LogP contribution in [0, 0.1) is 46.5 Å². The highest BCUT2D eigenvalue weighted by molar-refractivity contribution is 6.83. The minimum atomic E-state index is -3.33. The average Bonchev–Trinajstić information content (AvgIpc) is 3.07. The zero-order valence-electron chi connectivity index (χ0n) is 31.6. The van der Waals surface area contributed by atoms with E-state index in [1.807, 2.05) is 44.2 Å². The molecule has 0 aliphatic carbocycles. The number of unbranched alkanes of at least 4 members (excludes halogenated alkanes) is 5. The van der Waals surface area contributed by atoms with E-state index in [2.05, 4.69) is 41.5 Å². The van der Waals surface area contributed by atoms with Crippen molar-refractivity contribution < 1.29 is 39.5 Å². The van der Waals surface area contributed by atoms with Gasteiger partial charge in [-0.2, -0.15) is 4.39 Å². The maximum atomic E-state index is 16.3. The Morgan fingerprint density at radius 3 is 1.50 bits per heavy atom. The number of halogens is 8. The SMILES string of the molecule is CC(C)[Si](CCCCCCCC[Si](C(C)C)(C(C)C)C(C)C)(Cc1ccccc1)Oc1c(F)c(F)c2c(F)c3c(F)cc(F)c(F)c3c(F)c2c1F. The van der Waals surface area contributed by atoms with Gasteiger partial charge in [0, 0.05) is 12.1 Å². The molecule has 1 unspecified atom stereocenters. The van der Waals surface area contributed by atoms with Gasteiger partial charge >= 0.3 is 0 Å². The number of hydrogen-bond donors (Lipinski definition) is 0. The van der Waals surface area contributed by atoms with Gasteiger partial charge in [0.05, 0.1) is 29.6 Å². The van der Waals surface area contributed by atoms with Gasteiger partial charge in [0.1, 0.15) is 17.5 Å². The van der Waals surface area contributed by atoms with E-state index in [0.29, 0.717) is 29.1 Å². The Balaban J connectivity index is 1.65. The fourth-order valence-electron chi connectivity index (χ4n) is 8.77. The van der Waals surface area contributed by atoms with Crippen LogP contribution in [0.25, 0.3) is 21.5 Å². The summed E-state index contributed by atoms with van der Waals surface area (Å²) in [7, 11) is -4.80. The summed E-state index contributed by atoms with van der Waals surface area (Å²) in [6.45, 7) is 17.9. The Hall–Kier alpha value is -2.93. The molecule has 0 N–H and O–H groups in total. The molecule has 0 aromatic heterocycles. The van der Waals surface area contributed by atoms with E-state index in [-0.39, 0.29) is 17.7 Å². The first-order valence-corrected chi connectivity index (χ1v) is 23.4. The molecule has 0 bridgehead atoms. The summed E-state index contributed by atoms with van der Waals surface area (Å²) in [5, 5.41) is -6.02. The minimum absolute atomic E-state index is 0.0429. The first-order valence-electron chi connectivity index (χ1n) is 18.6. The van der Waals surface area contributed by atoms with E-state index in [1.165, 1.54) is 12.5 Å². The molecule has 0 saturated heterocycles. The summed E-state index contributed by atoms with van der Waals surface area (Å²) in [5.41, 5.74) is 2.68. The van der Waals surface area contributed by atoms with Crippen LogP contribution in [-0.4, -0.2) is 16.4 Å². The topological polar surface area (TPSA) is 9.23 Å². The summed E-state index contributed by atoms with van der Waals surface area (Å²) >= 11 is 0. The van der Waals surface area contributed by atoms with Crippen LogP contribution in [0.15, 0.2) is 36.4 Å². The third-order valence-electron chi connectivity index (χ3n) is 11.7. The highest BCUT2D eigenvalue weighted by atomic mass is 28.4. The predicted molar refractivity (Wildman–Crippen MR) is 201 cm³/mol. The molecular formula is C41H52F8OSi2. The van der Waals surface area contributed by atoms with Gasteiger partial charge in [-0.1, -0.05) is 147 Å². The molecule has 0 amide bonds. The van der Waals surface area contributed by atoms with E-state index in [4.69, 9.17) is 4.43 Å². The van der Waals surface area contributed by atoms with Crippen molar-refractivity contribution in [2.24, 2.45) is 0 Å². The lowest BCUT2D eigenvalue weighted by molar-refractivity contribution is 0.407. The van der Waals surface area contributed by atoms with E-state index < -0.39 is 90.2 Å². The maximum absolute atomic E-state index is 16.3. The summed E-state index contributed by atoms with van der Waals surface area (Å²) in [4.78, 5) is 0. The van der Waals surface area contributed by atoms with Crippen LogP contribution in [0.3, 0.4) is 0 Å². The Kier molecular flexibility index (Phi) is 13.7. The third kappa shape index (κ3) is 7.96. The van der Waals surface area contributed by atoms with Crippen molar-refractivity contribution in [2.45, 2.75) is 134 Å². The number of hydrogen-bond acceptors (Lipinski definition) is 1. The van der Waals surface area contributed by atoms with Gasteiger partial charge < -0.3 is 4.43 Å². The quantitative estimate of drug-likeness (QED) is 0.0342. The Morgan fingerprint density at radius 1 is 0.481 bits per heavy atom. The summed E-state index contributed by atoms with van der Waals surface area (Å²) in [6.07, 6.45) is 5.80. The van der Waals surface area contributed by atoms with Crippen LogP contribution in [0.2, 0.25) is 34.3 Å². The zero-order valence-corrected chi connectivity index (χ0v) is 33.6. The van der Waals surface area contributed by atoms with Crippen molar-refractivity contribution in [2.75, 3.05) is 0 Å². The highest BCUT2D eigenvalue weighted by Crippen LogP contribution is 2.46. The van der Waals surface area contributed by atoms with Gasteiger partial charge in [-0.15, -0.1) is 0 Å².